The molecule has 0 unspecified atom stereocenters. The average molecular weight is 485 g/mol. The molecule has 0 fully saturated rings. The number of aromatic hydroxyl groups is 1. The normalized spacial score (nSPS) is 13.0. The van der Waals surface area contributed by atoms with Crippen molar-refractivity contribution in [1.29, 1.82) is 0 Å². The lowest BCUT2D eigenvalue weighted by Gasteiger charge is -2.19. The zero-order valence-corrected chi connectivity index (χ0v) is 19.0. The van der Waals surface area contributed by atoms with Crippen molar-refractivity contribution in [2.45, 2.75) is 32.4 Å². The monoisotopic (exact) mass is 484 g/mol. The number of aromatic amines is 1. The van der Waals surface area contributed by atoms with Crippen molar-refractivity contribution >= 4 is 45.3 Å². The highest BCUT2D eigenvalue weighted by atomic mass is 35.5. The van der Waals surface area contributed by atoms with Crippen molar-refractivity contribution in [2.75, 3.05) is 0 Å². The fraction of sp³-hybridized carbons (Fsp3) is 0.208. The number of hydrogen-bond donors (Lipinski definition) is 4. The van der Waals surface area contributed by atoms with Crippen LogP contribution in [0, 0.1) is 6.92 Å². The van der Waals surface area contributed by atoms with Gasteiger partial charge < -0.3 is 29.7 Å². The van der Waals surface area contributed by atoms with Crippen LogP contribution < -0.4 is 15.7 Å². The van der Waals surface area contributed by atoms with E-state index >= 15 is 0 Å². The predicted molar refractivity (Wildman–Crippen MR) is 126 cm³/mol. The number of rotatable bonds is 7. The molecule has 0 spiro atoms. The van der Waals surface area contributed by atoms with Gasteiger partial charge in [0.25, 0.3) is 5.91 Å². The highest BCUT2D eigenvalue weighted by molar-refractivity contribution is 6.32. The largest absolute Gasteiger partial charge is 0.508 e. The SMILES string of the molecule is Cc1cc(=O)oc2cc(O[C@@H](C)C(=O)N[C@H](Cc3c[nH]c4ccc(O)cc34)C(=O)O)c(Cl)cc12. The van der Waals surface area contributed by atoms with Gasteiger partial charge in [0, 0.05) is 41.0 Å². The van der Waals surface area contributed by atoms with E-state index in [2.05, 4.69) is 10.3 Å². The average Bonchev–Trinajstić information content (AvgIpc) is 3.16. The summed E-state index contributed by atoms with van der Waals surface area (Å²) < 4.78 is 10.8. The van der Waals surface area contributed by atoms with Crippen LogP contribution in [0.3, 0.4) is 0 Å². The van der Waals surface area contributed by atoms with Crippen LogP contribution in [0.25, 0.3) is 21.9 Å². The summed E-state index contributed by atoms with van der Waals surface area (Å²) in [6.07, 6.45) is 0.523. The topological polar surface area (TPSA) is 142 Å². The Morgan fingerprint density at radius 2 is 1.97 bits per heavy atom. The number of phenolic OH excluding ortho intramolecular Hbond substituents is 1. The van der Waals surface area contributed by atoms with Crippen molar-refractivity contribution in [3.8, 4) is 11.5 Å². The first-order chi connectivity index (χ1) is 16.1. The Labute approximate surface area is 197 Å². The molecule has 4 N–H and O–H groups in total. The summed E-state index contributed by atoms with van der Waals surface area (Å²) in [6.45, 7) is 3.19. The first-order valence-corrected chi connectivity index (χ1v) is 10.7. The Morgan fingerprint density at radius 3 is 2.71 bits per heavy atom. The molecule has 0 radical (unpaired) electrons. The molecule has 0 aliphatic heterocycles. The third-order valence-electron chi connectivity index (χ3n) is 5.47. The van der Waals surface area contributed by atoms with Crippen LogP contribution in [0.15, 0.2) is 51.8 Å². The molecule has 0 bridgehead atoms. The van der Waals surface area contributed by atoms with Gasteiger partial charge in [0.05, 0.1) is 5.02 Å². The quantitative estimate of drug-likeness (QED) is 0.294. The maximum Gasteiger partial charge on any atom is 0.336 e. The van der Waals surface area contributed by atoms with Crippen LogP contribution in [0.1, 0.15) is 18.1 Å². The summed E-state index contributed by atoms with van der Waals surface area (Å²) in [5, 5.41) is 23.4. The number of hydrogen-bond acceptors (Lipinski definition) is 6. The number of benzene rings is 2. The first-order valence-electron chi connectivity index (χ1n) is 10.3. The van der Waals surface area contributed by atoms with E-state index in [0.717, 1.165) is 5.52 Å². The van der Waals surface area contributed by atoms with E-state index in [1.165, 1.54) is 31.2 Å². The molecule has 2 aromatic heterocycles. The number of amides is 1. The Balaban J connectivity index is 1.51. The summed E-state index contributed by atoms with van der Waals surface area (Å²) in [4.78, 5) is 39.2. The Bertz CT molecular complexity index is 1470. The zero-order valence-electron chi connectivity index (χ0n) is 18.2. The van der Waals surface area contributed by atoms with Gasteiger partial charge in [-0.1, -0.05) is 11.6 Å². The Hall–Kier alpha value is -3.98. The second kappa shape index (κ2) is 9.11. The second-order valence-corrected chi connectivity index (χ2v) is 8.34. The second-order valence-electron chi connectivity index (χ2n) is 7.93. The molecule has 2 aromatic carbocycles. The van der Waals surface area contributed by atoms with Gasteiger partial charge in [0.15, 0.2) is 6.10 Å². The van der Waals surface area contributed by atoms with Crippen LogP contribution in [0.5, 0.6) is 11.5 Å². The third kappa shape index (κ3) is 4.69. The van der Waals surface area contributed by atoms with Crippen molar-refractivity contribution in [3.63, 3.8) is 0 Å². The number of aromatic nitrogens is 1. The number of halogens is 1. The summed E-state index contributed by atoms with van der Waals surface area (Å²) in [6, 6.07) is 7.81. The molecular formula is C24H21ClN2O7. The standard InChI is InChI=1S/C24H21ClN2O7/c1-11-5-22(29)34-20-9-21(17(25)8-15(11)20)33-12(2)23(30)27-19(24(31)32)6-13-10-26-18-4-3-14(28)7-16(13)18/h3-5,7-10,12,19,26,28H,6H2,1-2H3,(H,27,30)(H,31,32)/t12-,19+/m0/s1. The van der Waals surface area contributed by atoms with Crippen molar-refractivity contribution < 1.29 is 29.0 Å². The van der Waals surface area contributed by atoms with Crippen LogP contribution in [0.2, 0.25) is 5.02 Å². The maximum atomic E-state index is 12.7. The highest BCUT2D eigenvalue weighted by Gasteiger charge is 2.26. The highest BCUT2D eigenvalue weighted by Crippen LogP contribution is 2.31. The van der Waals surface area contributed by atoms with E-state index in [1.54, 1.807) is 25.3 Å². The molecule has 4 rings (SSSR count). The lowest BCUT2D eigenvalue weighted by molar-refractivity contribution is -0.142. The molecule has 2 heterocycles. The van der Waals surface area contributed by atoms with Gasteiger partial charge in [-0.2, -0.15) is 0 Å². The zero-order chi connectivity index (χ0) is 24.6. The van der Waals surface area contributed by atoms with Crippen LogP contribution >= 0.6 is 11.6 Å². The molecule has 0 aliphatic carbocycles. The van der Waals surface area contributed by atoms with E-state index in [4.69, 9.17) is 20.8 Å². The predicted octanol–water partition coefficient (Wildman–Crippen LogP) is 3.52. The number of H-pyrrole nitrogens is 1. The minimum atomic E-state index is -1.24. The molecule has 0 aliphatic rings. The lowest BCUT2D eigenvalue weighted by Crippen LogP contribution is -2.47. The summed E-state index contributed by atoms with van der Waals surface area (Å²) in [5.41, 5.74) is 1.75. The Morgan fingerprint density at radius 1 is 1.21 bits per heavy atom. The number of aliphatic carboxylic acids is 1. The number of carboxylic acid groups (broad SMARTS) is 1. The fourth-order valence-corrected chi connectivity index (χ4v) is 3.91. The molecule has 0 saturated carbocycles. The molecule has 9 nitrogen and oxygen atoms in total. The number of phenols is 1. The van der Waals surface area contributed by atoms with Crippen LogP contribution in [-0.2, 0) is 16.0 Å². The molecule has 34 heavy (non-hydrogen) atoms. The van der Waals surface area contributed by atoms with Gasteiger partial charge in [-0.25, -0.2) is 9.59 Å². The number of nitrogens with one attached hydrogen (secondary N) is 2. The molecule has 2 atom stereocenters. The van der Waals surface area contributed by atoms with Crippen molar-refractivity contribution in [1.82, 2.24) is 10.3 Å². The summed E-state index contributed by atoms with van der Waals surface area (Å²) in [5.74, 6) is -1.73. The number of carbonyl (C=O) groups excluding carboxylic acids is 1. The molecule has 4 aromatic rings. The van der Waals surface area contributed by atoms with Gasteiger partial charge in [0.1, 0.15) is 23.1 Å². The first kappa shape index (κ1) is 23.2. The van der Waals surface area contributed by atoms with E-state index in [9.17, 15) is 24.6 Å². The van der Waals surface area contributed by atoms with Crippen LogP contribution in [0.4, 0.5) is 0 Å². The lowest BCUT2D eigenvalue weighted by atomic mass is 10.0. The minimum Gasteiger partial charge on any atom is -0.508 e. The Kier molecular flexibility index (Phi) is 6.21. The molecular weight excluding hydrogens is 464 g/mol. The molecule has 0 saturated heterocycles. The molecule has 176 valence electrons. The third-order valence-corrected chi connectivity index (χ3v) is 5.76. The van der Waals surface area contributed by atoms with Gasteiger partial charge >= 0.3 is 11.6 Å². The van der Waals surface area contributed by atoms with Crippen molar-refractivity contribution in [3.05, 3.63) is 69.2 Å². The van der Waals surface area contributed by atoms with Crippen molar-refractivity contribution in [2.24, 2.45) is 0 Å². The van der Waals surface area contributed by atoms with E-state index < -0.39 is 29.6 Å². The smallest absolute Gasteiger partial charge is 0.336 e. The van der Waals surface area contributed by atoms with E-state index in [0.29, 0.717) is 21.9 Å². The van der Waals surface area contributed by atoms with Gasteiger partial charge in [0.2, 0.25) is 0 Å². The number of fused-ring (bicyclic) bond motifs is 2. The fourth-order valence-electron chi connectivity index (χ4n) is 3.70. The summed E-state index contributed by atoms with van der Waals surface area (Å²) in [7, 11) is 0. The maximum absolute atomic E-state index is 12.7. The van der Waals surface area contributed by atoms with Gasteiger partial charge in [-0.3, -0.25) is 4.79 Å². The van der Waals surface area contributed by atoms with E-state index in [-0.39, 0.29) is 28.5 Å². The van der Waals surface area contributed by atoms with Gasteiger partial charge in [-0.15, -0.1) is 0 Å². The number of ether oxygens (including phenoxy) is 1. The minimum absolute atomic E-state index is 0.0155. The number of carbonyl (C=O) groups is 2. The van der Waals surface area contributed by atoms with E-state index in [1.807, 2.05) is 0 Å². The molecule has 10 heteroatoms. The van der Waals surface area contributed by atoms with Crippen LogP contribution in [-0.4, -0.2) is 39.2 Å². The number of aryl methyl sites for hydroxylation is 1. The summed E-state index contributed by atoms with van der Waals surface area (Å²) >= 11 is 6.29. The number of carboxylic acids is 1. The van der Waals surface area contributed by atoms with Gasteiger partial charge in [-0.05, 0) is 49.2 Å². The molecule has 1 amide bonds.